The van der Waals surface area contributed by atoms with Crippen molar-refractivity contribution in [3.63, 3.8) is 0 Å². The zero-order chi connectivity index (χ0) is 15.5. The number of carbonyl (C=O) groups excluding carboxylic acids is 1. The van der Waals surface area contributed by atoms with E-state index in [1.807, 2.05) is 45.0 Å². The Balaban J connectivity index is 2.11. The highest BCUT2D eigenvalue weighted by Crippen LogP contribution is 2.25. The Bertz CT molecular complexity index is 631. The van der Waals surface area contributed by atoms with Crippen molar-refractivity contribution in [2.24, 2.45) is 5.73 Å². The molecule has 0 unspecified atom stereocenters. The highest BCUT2D eigenvalue weighted by Gasteiger charge is 2.26. The summed E-state index contributed by atoms with van der Waals surface area (Å²) in [5.41, 5.74) is 8.30. The van der Waals surface area contributed by atoms with Crippen molar-refractivity contribution in [1.29, 1.82) is 0 Å². The lowest BCUT2D eigenvalue weighted by Crippen LogP contribution is -2.26. The predicted molar refractivity (Wildman–Crippen MR) is 84.1 cm³/mol. The van der Waals surface area contributed by atoms with Crippen molar-refractivity contribution < 1.29 is 4.79 Å². The minimum atomic E-state index is -0.200. The molecule has 112 valence electrons. The maximum Gasteiger partial charge on any atom is 0.265 e. The molecule has 2 rings (SSSR count). The minimum absolute atomic E-state index is 0.137. The topological polar surface area (TPSA) is 80.9 Å². The van der Waals surface area contributed by atoms with E-state index in [2.05, 4.69) is 14.9 Å². The molecule has 0 saturated heterocycles. The first kappa shape index (κ1) is 15.6. The summed E-state index contributed by atoms with van der Waals surface area (Å²) in [4.78, 5) is 12.9. The van der Waals surface area contributed by atoms with Gasteiger partial charge in [-0.15, -0.1) is 5.10 Å². The molecule has 21 heavy (non-hydrogen) atoms. The fourth-order valence-corrected chi connectivity index (χ4v) is 2.81. The van der Waals surface area contributed by atoms with Gasteiger partial charge in [-0.3, -0.25) is 4.79 Å². The molecule has 0 aliphatic carbocycles. The number of hydrogen-bond acceptors (Lipinski definition) is 5. The molecule has 1 heterocycles. The third-order valence-corrected chi connectivity index (χ3v) is 3.91. The Morgan fingerprint density at radius 2 is 1.95 bits per heavy atom. The molecular weight excluding hydrogens is 284 g/mol. The molecule has 6 heteroatoms. The van der Waals surface area contributed by atoms with Crippen LogP contribution in [0.1, 0.15) is 47.3 Å². The van der Waals surface area contributed by atoms with E-state index >= 15 is 0 Å². The maximum atomic E-state index is 12.3. The molecule has 0 atom stereocenters. The molecule has 5 nitrogen and oxygen atoms in total. The van der Waals surface area contributed by atoms with Crippen LogP contribution in [0.4, 0.5) is 0 Å². The second kappa shape index (κ2) is 6.32. The third kappa shape index (κ3) is 3.65. The number of aromatic nitrogens is 2. The summed E-state index contributed by atoms with van der Waals surface area (Å²) in [5.74, 6) is -0.137. The van der Waals surface area contributed by atoms with Crippen molar-refractivity contribution >= 4 is 17.4 Å². The number of nitrogens with one attached hydrogen (secondary N) is 1. The van der Waals surface area contributed by atoms with Gasteiger partial charge in [0.05, 0.1) is 5.69 Å². The Morgan fingerprint density at radius 1 is 1.29 bits per heavy atom. The number of carbonyl (C=O) groups is 1. The summed E-state index contributed by atoms with van der Waals surface area (Å²) in [7, 11) is 0. The van der Waals surface area contributed by atoms with Crippen molar-refractivity contribution in [3.05, 3.63) is 46.0 Å². The Kier molecular flexibility index (Phi) is 4.69. The molecular formula is C15H20N4OS. The van der Waals surface area contributed by atoms with Gasteiger partial charge in [-0.2, -0.15) is 0 Å². The number of amides is 1. The van der Waals surface area contributed by atoms with Crippen molar-refractivity contribution in [2.45, 2.75) is 39.3 Å². The summed E-state index contributed by atoms with van der Waals surface area (Å²) < 4.78 is 3.91. The number of rotatable bonds is 4. The lowest BCUT2D eigenvalue weighted by atomic mass is 9.91. The van der Waals surface area contributed by atoms with Gasteiger partial charge in [0, 0.05) is 18.5 Å². The van der Waals surface area contributed by atoms with Gasteiger partial charge < -0.3 is 11.1 Å². The number of benzene rings is 1. The van der Waals surface area contributed by atoms with E-state index in [-0.39, 0.29) is 11.3 Å². The molecule has 0 aliphatic heterocycles. The van der Waals surface area contributed by atoms with Crippen LogP contribution in [-0.2, 0) is 18.5 Å². The predicted octanol–water partition coefficient (Wildman–Crippen LogP) is 2.22. The molecule has 0 bridgehead atoms. The monoisotopic (exact) mass is 304 g/mol. The van der Waals surface area contributed by atoms with Gasteiger partial charge in [-0.25, -0.2) is 0 Å². The average Bonchev–Trinajstić information content (AvgIpc) is 2.94. The van der Waals surface area contributed by atoms with E-state index in [4.69, 9.17) is 5.73 Å². The quantitative estimate of drug-likeness (QED) is 0.907. The lowest BCUT2D eigenvalue weighted by Gasteiger charge is -2.16. The Morgan fingerprint density at radius 3 is 2.57 bits per heavy atom. The Hall–Kier alpha value is -1.79. The number of nitrogens with zero attached hydrogens (tertiary/aromatic N) is 2. The van der Waals surface area contributed by atoms with Gasteiger partial charge in [0.25, 0.3) is 5.91 Å². The van der Waals surface area contributed by atoms with E-state index in [0.717, 1.165) is 28.4 Å². The first-order chi connectivity index (χ1) is 9.93. The van der Waals surface area contributed by atoms with E-state index < -0.39 is 0 Å². The van der Waals surface area contributed by atoms with Gasteiger partial charge in [0.2, 0.25) is 0 Å². The van der Waals surface area contributed by atoms with Crippen LogP contribution in [0.3, 0.4) is 0 Å². The first-order valence-corrected chi connectivity index (χ1v) is 7.58. The number of nitrogens with two attached hydrogens (primary N) is 1. The van der Waals surface area contributed by atoms with Crippen molar-refractivity contribution in [2.75, 3.05) is 0 Å². The highest BCUT2D eigenvalue weighted by molar-refractivity contribution is 7.08. The van der Waals surface area contributed by atoms with Crippen LogP contribution in [0, 0.1) is 0 Å². The fraction of sp³-hybridized carbons (Fsp3) is 0.400. The fourth-order valence-electron chi connectivity index (χ4n) is 2.02. The standard InChI is InChI=1S/C15H20N4OS/c1-15(2,3)13-12(21-19-18-13)14(20)17-9-11-7-5-4-6-10(11)8-16/h4-7H,8-9,16H2,1-3H3,(H,17,20). The molecule has 0 radical (unpaired) electrons. The zero-order valence-corrected chi connectivity index (χ0v) is 13.3. The van der Waals surface area contributed by atoms with E-state index in [0.29, 0.717) is 18.0 Å². The van der Waals surface area contributed by atoms with Gasteiger partial charge in [-0.05, 0) is 22.7 Å². The molecule has 0 aliphatic rings. The molecule has 0 spiro atoms. The molecule has 0 fully saturated rings. The van der Waals surface area contributed by atoms with E-state index in [1.165, 1.54) is 0 Å². The van der Waals surface area contributed by atoms with E-state index in [1.54, 1.807) is 0 Å². The largest absolute Gasteiger partial charge is 0.347 e. The summed E-state index contributed by atoms with van der Waals surface area (Å²) in [6, 6.07) is 7.82. The zero-order valence-electron chi connectivity index (χ0n) is 12.5. The van der Waals surface area contributed by atoms with Crippen LogP contribution in [0.5, 0.6) is 0 Å². The summed E-state index contributed by atoms with van der Waals surface area (Å²) in [6.07, 6.45) is 0. The SMILES string of the molecule is CC(C)(C)c1nnsc1C(=O)NCc1ccccc1CN. The molecule has 1 aromatic carbocycles. The second-order valence-corrected chi connectivity index (χ2v) is 6.61. The van der Waals surface area contributed by atoms with Crippen molar-refractivity contribution in [3.8, 4) is 0 Å². The maximum absolute atomic E-state index is 12.3. The normalized spacial score (nSPS) is 11.4. The number of hydrogen-bond donors (Lipinski definition) is 2. The molecule has 1 amide bonds. The minimum Gasteiger partial charge on any atom is -0.347 e. The van der Waals surface area contributed by atoms with Crippen LogP contribution in [0.2, 0.25) is 0 Å². The van der Waals surface area contributed by atoms with Crippen LogP contribution in [-0.4, -0.2) is 15.5 Å². The van der Waals surface area contributed by atoms with Crippen LogP contribution in [0.25, 0.3) is 0 Å². The molecule has 1 aromatic heterocycles. The van der Waals surface area contributed by atoms with Gasteiger partial charge >= 0.3 is 0 Å². The van der Waals surface area contributed by atoms with Crippen LogP contribution >= 0.6 is 11.5 Å². The average molecular weight is 304 g/mol. The third-order valence-electron chi connectivity index (χ3n) is 3.18. The van der Waals surface area contributed by atoms with Crippen molar-refractivity contribution in [1.82, 2.24) is 14.9 Å². The van der Waals surface area contributed by atoms with Crippen LogP contribution in [0.15, 0.2) is 24.3 Å². The second-order valence-electron chi connectivity index (χ2n) is 5.86. The summed E-state index contributed by atoms with van der Waals surface area (Å²) in [6.45, 7) is 6.97. The molecule has 3 N–H and O–H groups in total. The summed E-state index contributed by atoms with van der Waals surface area (Å²) in [5, 5.41) is 7.01. The van der Waals surface area contributed by atoms with Gasteiger partial charge in [0.1, 0.15) is 4.88 Å². The molecule has 2 aromatic rings. The molecule has 0 saturated carbocycles. The highest BCUT2D eigenvalue weighted by atomic mass is 32.1. The van der Waals surface area contributed by atoms with Gasteiger partial charge in [0.15, 0.2) is 0 Å². The van der Waals surface area contributed by atoms with Gasteiger partial charge in [-0.1, -0.05) is 49.5 Å². The summed E-state index contributed by atoms with van der Waals surface area (Å²) >= 11 is 1.13. The Labute approximate surface area is 128 Å². The lowest BCUT2D eigenvalue weighted by molar-refractivity contribution is 0.0952. The van der Waals surface area contributed by atoms with Crippen LogP contribution < -0.4 is 11.1 Å². The first-order valence-electron chi connectivity index (χ1n) is 6.81. The smallest absolute Gasteiger partial charge is 0.265 e. The van der Waals surface area contributed by atoms with E-state index in [9.17, 15) is 4.79 Å².